The van der Waals surface area contributed by atoms with E-state index in [0.717, 1.165) is 0 Å². The maximum absolute atomic E-state index is 10.6. The normalized spacial score (nSPS) is 18.1. The molecular weight excluding hydrogens is 130 g/mol. The molecule has 1 amide bonds. The quantitative estimate of drug-likeness (QED) is 0.556. The van der Waals surface area contributed by atoms with E-state index in [4.69, 9.17) is 5.73 Å². The Morgan fingerprint density at radius 3 is 1.60 bits per heavy atom. The van der Waals surface area contributed by atoms with E-state index in [2.05, 4.69) is 0 Å². The van der Waals surface area contributed by atoms with E-state index in [1.54, 1.807) is 20.8 Å². The Bertz CT molecular complexity index is 144. The van der Waals surface area contributed by atoms with Crippen molar-refractivity contribution in [2.75, 3.05) is 0 Å². The highest BCUT2D eigenvalue weighted by atomic mass is 16.3. The fourth-order valence-electron chi connectivity index (χ4n) is 0.370. The van der Waals surface area contributed by atoms with Crippen LogP contribution in [-0.4, -0.2) is 16.6 Å². The third-order valence-corrected chi connectivity index (χ3v) is 1.94. The lowest BCUT2D eigenvalue weighted by Crippen LogP contribution is -2.50. The summed E-state index contributed by atoms with van der Waals surface area (Å²) in [5.41, 5.74) is 3.04. The summed E-state index contributed by atoms with van der Waals surface area (Å²) in [6, 6.07) is 0. The van der Waals surface area contributed by atoms with Gasteiger partial charge in [-0.25, -0.2) is 0 Å². The molecule has 3 nitrogen and oxygen atoms in total. The van der Waals surface area contributed by atoms with Crippen LogP contribution in [0.25, 0.3) is 0 Å². The van der Waals surface area contributed by atoms with E-state index in [0.29, 0.717) is 0 Å². The summed E-state index contributed by atoms with van der Waals surface area (Å²) in [5, 5.41) is 9.45. The summed E-state index contributed by atoms with van der Waals surface area (Å²) in [5.74, 6) is -0.681. The van der Waals surface area contributed by atoms with Crippen LogP contribution in [-0.2, 0) is 4.79 Å². The molecule has 0 rings (SSSR count). The Hall–Kier alpha value is -0.570. The topological polar surface area (TPSA) is 63.3 Å². The van der Waals surface area contributed by atoms with Gasteiger partial charge in [0.05, 0.1) is 0 Å². The molecule has 0 unspecified atom stereocenters. The highest BCUT2D eigenvalue weighted by molar-refractivity contribution is 5.83. The van der Waals surface area contributed by atoms with Gasteiger partial charge in [-0.3, -0.25) is 4.79 Å². The molecule has 3 N–H and O–H groups in total. The second-order valence-electron chi connectivity index (χ2n) is 3.69. The lowest BCUT2D eigenvalue weighted by atomic mass is 9.77. The summed E-state index contributed by atoms with van der Waals surface area (Å²) in [6.07, 6.45) is 0. The van der Waals surface area contributed by atoms with E-state index in [1.165, 1.54) is 6.92 Å². The second kappa shape index (κ2) is 2.23. The zero-order valence-electron chi connectivity index (χ0n) is 6.93. The molecule has 0 aromatic carbocycles. The molecule has 0 spiro atoms. The van der Waals surface area contributed by atoms with Crippen molar-refractivity contribution in [3.05, 3.63) is 0 Å². The van der Waals surface area contributed by atoms with Crippen LogP contribution in [0.5, 0.6) is 0 Å². The fourth-order valence-corrected chi connectivity index (χ4v) is 0.370. The third-order valence-electron chi connectivity index (χ3n) is 1.94. The molecule has 0 aromatic heterocycles. The molecule has 0 radical (unpaired) electrons. The van der Waals surface area contributed by atoms with Crippen molar-refractivity contribution in [2.24, 2.45) is 11.1 Å². The van der Waals surface area contributed by atoms with Crippen LogP contribution in [0.15, 0.2) is 0 Å². The molecule has 0 aliphatic carbocycles. The number of carbonyl (C=O) groups excluding carboxylic acids is 1. The number of amides is 1. The highest BCUT2D eigenvalue weighted by Gasteiger charge is 2.40. The molecule has 0 heterocycles. The van der Waals surface area contributed by atoms with E-state index in [-0.39, 0.29) is 0 Å². The van der Waals surface area contributed by atoms with Crippen molar-refractivity contribution < 1.29 is 9.90 Å². The van der Waals surface area contributed by atoms with E-state index < -0.39 is 16.9 Å². The SMILES string of the molecule is CC(C)(C)[C@](C)(O)C(N)=O. The van der Waals surface area contributed by atoms with Crippen LogP contribution in [0.1, 0.15) is 27.7 Å². The van der Waals surface area contributed by atoms with Gasteiger partial charge in [0.1, 0.15) is 5.60 Å². The van der Waals surface area contributed by atoms with Crippen molar-refractivity contribution in [2.45, 2.75) is 33.3 Å². The molecule has 0 bridgehead atoms. The van der Waals surface area contributed by atoms with Crippen LogP contribution in [0.2, 0.25) is 0 Å². The molecule has 0 saturated heterocycles. The van der Waals surface area contributed by atoms with Crippen molar-refractivity contribution in [1.82, 2.24) is 0 Å². The largest absolute Gasteiger partial charge is 0.380 e. The van der Waals surface area contributed by atoms with Crippen LogP contribution in [0.4, 0.5) is 0 Å². The standard InChI is InChI=1S/C7H15NO2/c1-6(2,3)7(4,10)5(8)9/h10H,1-4H3,(H2,8,9)/t7-/m1/s1. The van der Waals surface area contributed by atoms with Gasteiger partial charge in [-0.15, -0.1) is 0 Å². The van der Waals surface area contributed by atoms with E-state index in [9.17, 15) is 9.90 Å². The number of primary amides is 1. The summed E-state index contributed by atoms with van der Waals surface area (Å²) in [6.45, 7) is 6.71. The Morgan fingerprint density at radius 1 is 1.30 bits per heavy atom. The number of aliphatic hydroxyl groups is 1. The van der Waals surface area contributed by atoms with Crippen LogP contribution in [0, 0.1) is 5.41 Å². The summed E-state index contributed by atoms with van der Waals surface area (Å²) in [4.78, 5) is 10.6. The first-order valence-electron chi connectivity index (χ1n) is 3.22. The predicted octanol–water partition coefficient (Wildman–Crippen LogP) is 0.269. The maximum Gasteiger partial charge on any atom is 0.249 e. The molecule has 0 aliphatic rings. The van der Waals surface area contributed by atoms with E-state index in [1.807, 2.05) is 0 Å². The van der Waals surface area contributed by atoms with Gasteiger partial charge < -0.3 is 10.8 Å². The molecule has 1 atom stereocenters. The first kappa shape index (κ1) is 9.43. The average Bonchev–Trinajstić information content (AvgIpc) is 1.62. The monoisotopic (exact) mass is 145 g/mol. The predicted molar refractivity (Wildman–Crippen MR) is 39.3 cm³/mol. The smallest absolute Gasteiger partial charge is 0.249 e. The minimum absolute atomic E-state index is 0.501. The summed E-state index contributed by atoms with van der Waals surface area (Å²) < 4.78 is 0. The van der Waals surface area contributed by atoms with Gasteiger partial charge in [0.15, 0.2) is 0 Å². The van der Waals surface area contributed by atoms with Gasteiger partial charge >= 0.3 is 0 Å². The molecule has 10 heavy (non-hydrogen) atoms. The molecule has 0 aliphatic heterocycles. The van der Waals surface area contributed by atoms with Gasteiger partial charge in [0.2, 0.25) is 5.91 Å². The minimum Gasteiger partial charge on any atom is -0.380 e. The van der Waals surface area contributed by atoms with Crippen LogP contribution < -0.4 is 5.73 Å². The van der Waals surface area contributed by atoms with Crippen LogP contribution >= 0.6 is 0 Å². The second-order valence-corrected chi connectivity index (χ2v) is 3.69. The number of nitrogens with two attached hydrogens (primary N) is 1. The zero-order valence-corrected chi connectivity index (χ0v) is 6.93. The molecule has 3 heteroatoms. The Morgan fingerprint density at radius 2 is 1.60 bits per heavy atom. The van der Waals surface area contributed by atoms with Crippen molar-refractivity contribution >= 4 is 5.91 Å². The van der Waals surface area contributed by atoms with Crippen molar-refractivity contribution in [3.8, 4) is 0 Å². The van der Waals surface area contributed by atoms with Gasteiger partial charge in [0, 0.05) is 0 Å². The molecule has 0 aromatic rings. The third kappa shape index (κ3) is 1.48. The first-order chi connectivity index (χ1) is 4.19. The number of hydrogen-bond donors (Lipinski definition) is 2. The Labute approximate surface area is 61.2 Å². The average molecular weight is 145 g/mol. The lowest BCUT2D eigenvalue weighted by molar-refractivity contribution is -0.145. The first-order valence-corrected chi connectivity index (χ1v) is 3.22. The number of hydrogen-bond acceptors (Lipinski definition) is 2. The Kier molecular flexibility index (Phi) is 2.11. The van der Waals surface area contributed by atoms with Gasteiger partial charge in [-0.05, 0) is 12.3 Å². The number of rotatable bonds is 1. The Balaban J connectivity index is 4.57. The van der Waals surface area contributed by atoms with Crippen molar-refractivity contribution in [1.29, 1.82) is 0 Å². The van der Waals surface area contributed by atoms with Gasteiger partial charge in [0.25, 0.3) is 0 Å². The molecular formula is C7H15NO2. The van der Waals surface area contributed by atoms with E-state index >= 15 is 0 Å². The van der Waals surface area contributed by atoms with Gasteiger partial charge in [-0.1, -0.05) is 20.8 Å². The number of carbonyl (C=O) groups is 1. The zero-order chi connectivity index (χ0) is 8.58. The summed E-state index contributed by atoms with van der Waals surface area (Å²) in [7, 11) is 0. The minimum atomic E-state index is -1.42. The molecule has 0 saturated carbocycles. The molecule has 0 fully saturated rings. The fraction of sp³-hybridized carbons (Fsp3) is 0.857. The maximum atomic E-state index is 10.6. The molecule has 60 valence electrons. The van der Waals surface area contributed by atoms with Crippen LogP contribution in [0.3, 0.4) is 0 Å². The summed E-state index contributed by atoms with van der Waals surface area (Å²) >= 11 is 0. The van der Waals surface area contributed by atoms with Crippen molar-refractivity contribution in [3.63, 3.8) is 0 Å². The lowest BCUT2D eigenvalue weighted by Gasteiger charge is -2.33. The highest BCUT2D eigenvalue weighted by Crippen LogP contribution is 2.28. The van der Waals surface area contributed by atoms with Gasteiger partial charge in [-0.2, -0.15) is 0 Å².